The molecule has 0 radical (unpaired) electrons. The second kappa shape index (κ2) is 8.47. The van der Waals surface area contributed by atoms with E-state index in [-0.39, 0.29) is 12.4 Å². The highest BCUT2D eigenvalue weighted by molar-refractivity contribution is 6.08. The molecule has 2 heterocycles. The molecule has 2 aliphatic heterocycles. The molecule has 0 bridgehead atoms. The smallest absolute Gasteiger partial charge is 0.321 e. The molecule has 3 rings (SSSR count). The number of esters is 1. The van der Waals surface area contributed by atoms with Crippen molar-refractivity contribution in [3.63, 3.8) is 0 Å². The quantitative estimate of drug-likeness (QED) is 0.631. The van der Waals surface area contributed by atoms with Crippen molar-refractivity contribution in [2.75, 3.05) is 39.3 Å². The van der Waals surface area contributed by atoms with Crippen LogP contribution in [0.3, 0.4) is 0 Å². The number of aliphatic imine (C=N–C) groups is 1. The van der Waals surface area contributed by atoms with Gasteiger partial charge in [0.15, 0.2) is 5.92 Å². The molecule has 8 heteroatoms. The number of nitrogens with one attached hydrogen (secondary N) is 1. The Labute approximate surface area is 158 Å². The fourth-order valence-electron chi connectivity index (χ4n) is 3.40. The van der Waals surface area contributed by atoms with Gasteiger partial charge in [0.25, 0.3) is 0 Å². The molecule has 1 aromatic carbocycles. The summed E-state index contributed by atoms with van der Waals surface area (Å²) >= 11 is 0. The van der Waals surface area contributed by atoms with E-state index in [9.17, 15) is 14.0 Å². The summed E-state index contributed by atoms with van der Waals surface area (Å²) in [4.78, 5) is 34.1. The Morgan fingerprint density at radius 2 is 1.89 bits per heavy atom. The number of amides is 1. The number of guanidine groups is 1. The van der Waals surface area contributed by atoms with Gasteiger partial charge in [-0.25, -0.2) is 9.38 Å². The van der Waals surface area contributed by atoms with E-state index < -0.39 is 23.8 Å². The number of ether oxygens (including phenoxy) is 1. The van der Waals surface area contributed by atoms with E-state index in [1.165, 1.54) is 12.1 Å². The van der Waals surface area contributed by atoms with Crippen molar-refractivity contribution in [1.29, 1.82) is 0 Å². The average molecular weight is 376 g/mol. The Hall–Kier alpha value is -2.48. The van der Waals surface area contributed by atoms with Gasteiger partial charge in [0.2, 0.25) is 11.9 Å². The van der Waals surface area contributed by atoms with Gasteiger partial charge in [-0.3, -0.25) is 14.9 Å². The molecule has 1 saturated heterocycles. The van der Waals surface area contributed by atoms with E-state index in [0.717, 1.165) is 32.7 Å². The second-order valence-electron chi connectivity index (χ2n) is 6.59. The van der Waals surface area contributed by atoms with Crippen LogP contribution in [0, 0.1) is 11.7 Å². The maximum absolute atomic E-state index is 13.3. The zero-order valence-electron chi connectivity index (χ0n) is 15.7. The highest BCUT2D eigenvalue weighted by Gasteiger charge is 2.42. The van der Waals surface area contributed by atoms with Gasteiger partial charge in [0.05, 0.1) is 6.61 Å². The molecule has 2 atom stereocenters. The molecule has 1 N–H and O–H groups in total. The van der Waals surface area contributed by atoms with Crippen LogP contribution in [0.4, 0.5) is 4.39 Å². The average Bonchev–Trinajstić information content (AvgIpc) is 2.68. The molecule has 0 aliphatic carbocycles. The van der Waals surface area contributed by atoms with Crippen LogP contribution in [-0.4, -0.2) is 67.0 Å². The van der Waals surface area contributed by atoms with Crippen LogP contribution >= 0.6 is 0 Å². The first kappa shape index (κ1) is 19.3. The van der Waals surface area contributed by atoms with E-state index in [0.29, 0.717) is 11.5 Å². The monoisotopic (exact) mass is 376 g/mol. The van der Waals surface area contributed by atoms with Crippen LogP contribution < -0.4 is 5.32 Å². The molecule has 0 aromatic heterocycles. The molecule has 7 nitrogen and oxygen atoms in total. The van der Waals surface area contributed by atoms with Crippen molar-refractivity contribution in [2.24, 2.45) is 10.9 Å². The summed E-state index contributed by atoms with van der Waals surface area (Å²) in [6.07, 6.45) is 0. The highest BCUT2D eigenvalue weighted by Crippen LogP contribution is 2.31. The molecule has 0 saturated carbocycles. The predicted molar refractivity (Wildman–Crippen MR) is 98.5 cm³/mol. The zero-order valence-corrected chi connectivity index (χ0v) is 15.7. The Morgan fingerprint density at radius 1 is 1.22 bits per heavy atom. The van der Waals surface area contributed by atoms with E-state index >= 15 is 0 Å². The lowest BCUT2D eigenvalue weighted by atomic mass is 9.91. The summed E-state index contributed by atoms with van der Waals surface area (Å²) in [6.45, 7) is 8.21. The first-order valence-corrected chi connectivity index (χ1v) is 9.31. The Bertz CT molecular complexity index is 714. The fourth-order valence-corrected chi connectivity index (χ4v) is 3.40. The lowest BCUT2D eigenvalue weighted by Gasteiger charge is -2.38. The van der Waals surface area contributed by atoms with Crippen molar-refractivity contribution in [1.82, 2.24) is 15.1 Å². The van der Waals surface area contributed by atoms with Crippen LogP contribution in [0.2, 0.25) is 0 Å². The van der Waals surface area contributed by atoms with Gasteiger partial charge in [0.1, 0.15) is 11.9 Å². The van der Waals surface area contributed by atoms with Gasteiger partial charge < -0.3 is 14.5 Å². The third-order valence-electron chi connectivity index (χ3n) is 4.97. The van der Waals surface area contributed by atoms with Gasteiger partial charge in [-0.15, -0.1) is 0 Å². The van der Waals surface area contributed by atoms with E-state index in [1.54, 1.807) is 19.1 Å². The predicted octanol–water partition coefficient (Wildman–Crippen LogP) is 1.17. The highest BCUT2D eigenvalue weighted by atomic mass is 19.1. The molecule has 146 valence electrons. The number of nitrogens with zero attached hydrogens (tertiary/aromatic N) is 3. The molecule has 2 aliphatic rings. The van der Waals surface area contributed by atoms with Crippen LogP contribution in [0.15, 0.2) is 29.3 Å². The summed E-state index contributed by atoms with van der Waals surface area (Å²) in [5, 5.41) is 2.76. The minimum absolute atomic E-state index is 0.175. The minimum Gasteiger partial charge on any atom is -0.465 e. The summed E-state index contributed by atoms with van der Waals surface area (Å²) < 4.78 is 18.4. The number of rotatable bonds is 4. The summed E-state index contributed by atoms with van der Waals surface area (Å²) in [5.74, 6) is -2.07. The summed E-state index contributed by atoms with van der Waals surface area (Å²) in [7, 11) is 0. The van der Waals surface area contributed by atoms with Crippen molar-refractivity contribution in [3.8, 4) is 0 Å². The maximum atomic E-state index is 13.3. The topological polar surface area (TPSA) is 74.2 Å². The van der Waals surface area contributed by atoms with Gasteiger partial charge >= 0.3 is 5.97 Å². The van der Waals surface area contributed by atoms with Crippen LogP contribution in [0.5, 0.6) is 0 Å². The molecular formula is C19H25FN4O3. The van der Waals surface area contributed by atoms with E-state index in [2.05, 4.69) is 22.1 Å². The minimum atomic E-state index is -1.09. The van der Waals surface area contributed by atoms with Crippen molar-refractivity contribution >= 4 is 17.8 Å². The molecule has 0 spiro atoms. The molecule has 1 aromatic rings. The van der Waals surface area contributed by atoms with Crippen molar-refractivity contribution in [2.45, 2.75) is 19.9 Å². The van der Waals surface area contributed by atoms with Gasteiger partial charge in [-0.2, -0.15) is 0 Å². The fraction of sp³-hybridized carbons (Fsp3) is 0.526. The number of piperazine rings is 1. The first-order valence-electron chi connectivity index (χ1n) is 9.31. The van der Waals surface area contributed by atoms with Crippen LogP contribution in [-0.2, 0) is 14.3 Å². The maximum Gasteiger partial charge on any atom is 0.321 e. The van der Waals surface area contributed by atoms with Gasteiger partial charge in [-0.05, 0) is 31.2 Å². The number of hydrogen-bond acceptors (Lipinski definition) is 6. The van der Waals surface area contributed by atoms with Crippen LogP contribution in [0.25, 0.3) is 0 Å². The van der Waals surface area contributed by atoms with Gasteiger partial charge in [-0.1, -0.05) is 19.1 Å². The third-order valence-corrected chi connectivity index (χ3v) is 4.97. The van der Waals surface area contributed by atoms with E-state index in [1.807, 2.05) is 4.90 Å². The Balaban J connectivity index is 1.90. The number of carbonyl (C=O) groups excluding carboxylic acids is 2. The largest absolute Gasteiger partial charge is 0.465 e. The number of hydrogen-bond donors (Lipinski definition) is 1. The molecule has 1 amide bonds. The van der Waals surface area contributed by atoms with Crippen molar-refractivity contribution < 1.29 is 18.7 Å². The van der Waals surface area contributed by atoms with Crippen molar-refractivity contribution in [3.05, 3.63) is 35.6 Å². The van der Waals surface area contributed by atoms with Crippen LogP contribution in [0.1, 0.15) is 25.5 Å². The lowest BCUT2D eigenvalue weighted by Crippen LogP contribution is -2.57. The number of likely N-dealkylation sites (N-methyl/N-ethyl adjacent to an activating group) is 1. The summed E-state index contributed by atoms with van der Waals surface area (Å²) in [5.41, 5.74) is 0.606. The normalized spacial score (nSPS) is 23.6. The molecule has 27 heavy (non-hydrogen) atoms. The second-order valence-corrected chi connectivity index (χ2v) is 6.59. The van der Waals surface area contributed by atoms with E-state index in [4.69, 9.17) is 4.74 Å². The van der Waals surface area contributed by atoms with Gasteiger partial charge in [0, 0.05) is 26.2 Å². The lowest BCUT2D eigenvalue weighted by molar-refractivity contribution is -0.153. The Kier molecular flexibility index (Phi) is 6.05. The SMILES string of the molecule is CCOC(=O)[C@@H]1C(=O)NC(N2CCN(CC)CC2)=N[C@H]1c1ccc(F)cc1. The summed E-state index contributed by atoms with van der Waals surface area (Å²) in [6, 6.07) is 4.98. The zero-order chi connectivity index (χ0) is 19.4. The first-order chi connectivity index (χ1) is 13.0. The number of benzene rings is 1. The number of halogens is 1. The third kappa shape index (κ3) is 4.27. The molecular weight excluding hydrogens is 351 g/mol. The standard InChI is InChI=1S/C19H25FN4O3/c1-3-23-9-11-24(12-10-23)19-21-16(13-5-7-14(20)8-6-13)15(17(25)22-19)18(26)27-4-2/h5-8,15-16H,3-4,9-12H2,1-2H3,(H,21,22,25)/t15-,16-/m0/s1. The number of carbonyl (C=O) groups is 2. The Morgan fingerprint density at radius 3 is 2.48 bits per heavy atom. The molecule has 0 unspecified atom stereocenters. The molecule has 1 fully saturated rings.